The van der Waals surface area contributed by atoms with Gasteiger partial charge in [-0.05, 0) is 64.6 Å². The molecule has 0 radical (unpaired) electrons. The van der Waals surface area contributed by atoms with Gasteiger partial charge < -0.3 is 0 Å². The highest BCUT2D eigenvalue weighted by molar-refractivity contribution is 7.97. The Morgan fingerprint density at radius 3 is 2.80 bits per heavy atom. The highest BCUT2D eigenvalue weighted by atomic mass is 32.2. The van der Waals surface area contributed by atoms with E-state index >= 15 is 0 Å². The summed E-state index contributed by atoms with van der Waals surface area (Å²) in [5.41, 5.74) is 4.55. The summed E-state index contributed by atoms with van der Waals surface area (Å²) in [6.07, 6.45) is 9.13. The van der Waals surface area contributed by atoms with E-state index in [-0.39, 0.29) is 0 Å². The molecule has 0 bridgehead atoms. The third-order valence-electron chi connectivity index (χ3n) is 5.16. The minimum absolute atomic E-state index is 0.650. The second-order valence-corrected chi connectivity index (χ2v) is 8.83. The largest absolute Gasteiger partial charge is 0.129 e. The van der Waals surface area contributed by atoms with Crippen LogP contribution >= 0.6 is 0 Å². The third kappa shape index (κ3) is 2.16. The summed E-state index contributed by atoms with van der Waals surface area (Å²) >= 11 is 0. The number of rotatable bonds is 3. The molecule has 1 aliphatic heterocycles. The summed E-state index contributed by atoms with van der Waals surface area (Å²) in [6.45, 7) is 4.48. The maximum atomic E-state index is 4.48. The molecule has 2 fully saturated rings. The van der Waals surface area contributed by atoms with Gasteiger partial charge in [0.25, 0.3) is 0 Å². The number of hydrogen-bond donors (Lipinski definition) is 0. The Kier molecular flexibility index (Phi) is 3.26. The quantitative estimate of drug-likeness (QED) is 0.570. The molecule has 3 atom stereocenters. The maximum Gasteiger partial charge on any atom is 0.129 e. The molecular formula is C19H23S+. The van der Waals surface area contributed by atoms with Gasteiger partial charge in [0.2, 0.25) is 0 Å². The lowest BCUT2D eigenvalue weighted by atomic mass is 9.97. The lowest BCUT2D eigenvalue weighted by Gasteiger charge is -2.15. The monoisotopic (exact) mass is 283 g/mol. The van der Waals surface area contributed by atoms with Gasteiger partial charge in [0.1, 0.15) is 17.3 Å². The van der Waals surface area contributed by atoms with Crippen LogP contribution in [0.15, 0.2) is 42.5 Å². The first-order valence-electron chi connectivity index (χ1n) is 7.93. The van der Waals surface area contributed by atoms with E-state index in [1.165, 1.54) is 42.1 Å². The smallest absolute Gasteiger partial charge is 0.0949 e. The van der Waals surface area contributed by atoms with Crippen molar-refractivity contribution in [1.29, 1.82) is 0 Å². The van der Waals surface area contributed by atoms with Crippen LogP contribution in [0.1, 0.15) is 36.3 Å². The molecule has 0 N–H and O–H groups in total. The van der Waals surface area contributed by atoms with E-state index < -0.39 is 0 Å². The number of benzene rings is 1. The minimum atomic E-state index is 0.650. The van der Waals surface area contributed by atoms with Gasteiger partial charge in [-0.15, -0.1) is 0 Å². The normalized spacial score (nSPS) is 31.5. The molecule has 1 saturated carbocycles. The molecule has 1 aromatic rings. The van der Waals surface area contributed by atoms with E-state index in [0.717, 1.165) is 17.8 Å². The Bertz CT molecular complexity index is 551. The summed E-state index contributed by atoms with van der Waals surface area (Å²) < 4.78 is 0. The molecule has 0 nitrogen and oxygen atoms in total. The van der Waals surface area contributed by atoms with Crippen LogP contribution in [0.5, 0.6) is 0 Å². The van der Waals surface area contributed by atoms with Gasteiger partial charge in [0, 0.05) is 0 Å². The van der Waals surface area contributed by atoms with Crippen molar-refractivity contribution >= 4 is 17.0 Å². The maximum absolute atomic E-state index is 4.48. The van der Waals surface area contributed by atoms with E-state index in [9.17, 15) is 0 Å². The van der Waals surface area contributed by atoms with Crippen molar-refractivity contribution < 1.29 is 0 Å². The molecule has 20 heavy (non-hydrogen) atoms. The highest BCUT2D eigenvalue weighted by Gasteiger charge is 2.53. The first-order valence-corrected chi connectivity index (χ1v) is 9.67. The van der Waals surface area contributed by atoms with Crippen molar-refractivity contribution in [3.05, 3.63) is 53.6 Å². The molecule has 3 unspecified atom stereocenters. The average molecular weight is 283 g/mol. The highest BCUT2D eigenvalue weighted by Crippen LogP contribution is 2.61. The van der Waals surface area contributed by atoms with Crippen LogP contribution in [0, 0.1) is 11.8 Å². The molecule has 2 aliphatic carbocycles. The molecule has 1 heteroatoms. The van der Waals surface area contributed by atoms with Gasteiger partial charge in [-0.25, -0.2) is 0 Å². The van der Waals surface area contributed by atoms with Gasteiger partial charge in [0.05, 0.1) is 0 Å². The van der Waals surface area contributed by atoms with Crippen molar-refractivity contribution in [3.8, 4) is 0 Å². The van der Waals surface area contributed by atoms with Crippen LogP contribution in [0.2, 0.25) is 0 Å². The number of allylic oxidation sites excluding steroid dienone is 1. The zero-order chi connectivity index (χ0) is 13.5. The van der Waals surface area contributed by atoms with Crippen LogP contribution in [-0.2, 0) is 10.9 Å². The zero-order valence-electron chi connectivity index (χ0n) is 12.1. The molecule has 1 aromatic carbocycles. The predicted molar refractivity (Wildman–Crippen MR) is 90.2 cm³/mol. The van der Waals surface area contributed by atoms with E-state index in [0.29, 0.717) is 10.9 Å². The van der Waals surface area contributed by atoms with Gasteiger partial charge >= 0.3 is 0 Å². The summed E-state index contributed by atoms with van der Waals surface area (Å²) in [5.74, 6) is 6.49. The topological polar surface area (TPSA) is 0 Å². The molecule has 0 spiro atoms. The van der Waals surface area contributed by atoms with E-state index in [4.69, 9.17) is 0 Å². The lowest BCUT2D eigenvalue weighted by molar-refractivity contribution is 0.756. The van der Waals surface area contributed by atoms with Crippen LogP contribution in [0.25, 0.3) is 6.08 Å². The Hall–Kier alpha value is -0.950. The second kappa shape index (κ2) is 5.11. The average Bonchev–Trinajstić information content (AvgIpc) is 3.23. The van der Waals surface area contributed by atoms with Crippen LogP contribution < -0.4 is 0 Å². The van der Waals surface area contributed by atoms with Crippen molar-refractivity contribution in [1.82, 2.24) is 0 Å². The van der Waals surface area contributed by atoms with E-state index in [2.05, 4.69) is 43.0 Å². The molecule has 1 saturated heterocycles. The van der Waals surface area contributed by atoms with Gasteiger partial charge in [-0.3, -0.25) is 0 Å². The van der Waals surface area contributed by atoms with Crippen molar-refractivity contribution in [2.24, 2.45) is 11.8 Å². The Balaban J connectivity index is 1.47. The van der Waals surface area contributed by atoms with E-state index in [1.54, 1.807) is 11.1 Å². The Labute approximate surface area is 125 Å². The fourth-order valence-electron chi connectivity index (χ4n) is 4.08. The molecule has 104 valence electrons. The SMILES string of the molecule is C=C(C[S+]1CCCCC1)C1C2C=Cc3ccccc3C21. The van der Waals surface area contributed by atoms with Gasteiger partial charge in [-0.1, -0.05) is 43.0 Å². The Morgan fingerprint density at radius 2 is 1.95 bits per heavy atom. The standard InChI is InChI=1S/C19H23S/c1-14(13-20-11-5-2-6-12-20)18-17-10-9-15-7-3-4-8-16(15)19(17)18/h3-4,7-10,17-19H,1-2,5-6,11-13H2/q+1. The van der Waals surface area contributed by atoms with Crippen LogP contribution in [-0.4, -0.2) is 17.3 Å². The molecule has 0 amide bonds. The first kappa shape index (κ1) is 12.8. The van der Waals surface area contributed by atoms with Crippen LogP contribution in [0.4, 0.5) is 0 Å². The molecule has 3 aliphatic rings. The molecular weight excluding hydrogens is 260 g/mol. The summed E-state index contributed by atoms with van der Waals surface area (Å²) in [6, 6.07) is 8.92. The predicted octanol–water partition coefficient (Wildman–Crippen LogP) is 4.40. The van der Waals surface area contributed by atoms with Crippen molar-refractivity contribution in [2.45, 2.75) is 25.2 Å². The fraction of sp³-hybridized carbons (Fsp3) is 0.474. The number of fused-ring (bicyclic) bond motifs is 3. The molecule has 0 aromatic heterocycles. The first-order chi connectivity index (χ1) is 9.84. The summed E-state index contributed by atoms with van der Waals surface area (Å²) in [5, 5.41) is 0. The van der Waals surface area contributed by atoms with Gasteiger partial charge in [-0.2, -0.15) is 0 Å². The van der Waals surface area contributed by atoms with Crippen LogP contribution in [0.3, 0.4) is 0 Å². The summed E-state index contributed by atoms with van der Waals surface area (Å²) in [4.78, 5) is 0. The van der Waals surface area contributed by atoms with E-state index in [1.807, 2.05) is 0 Å². The third-order valence-corrected chi connectivity index (χ3v) is 7.67. The molecule has 4 rings (SSSR count). The minimum Gasteiger partial charge on any atom is -0.0949 e. The zero-order valence-corrected chi connectivity index (χ0v) is 12.9. The number of hydrogen-bond acceptors (Lipinski definition) is 0. The van der Waals surface area contributed by atoms with Gasteiger partial charge in [0.15, 0.2) is 0 Å². The van der Waals surface area contributed by atoms with Crippen molar-refractivity contribution in [2.75, 3.05) is 17.3 Å². The van der Waals surface area contributed by atoms with Crippen molar-refractivity contribution in [3.63, 3.8) is 0 Å². The lowest BCUT2D eigenvalue weighted by Crippen LogP contribution is -2.22. The summed E-state index contributed by atoms with van der Waals surface area (Å²) in [7, 11) is 0.650. The molecule has 1 heterocycles. The second-order valence-electron chi connectivity index (χ2n) is 6.50. The fourth-order valence-corrected chi connectivity index (χ4v) is 6.51. The Morgan fingerprint density at radius 1 is 1.15 bits per heavy atom.